The summed E-state index contributed by atoms with van der Waals surface area (Å²) in [6.07, 6.45) is 0. The van der Waals surface area contributed by atoms with Crippen molar-refractivity contribution in [2.24, 2.45) is 0 Å². The molecule has 0 spiro atoms. The van der Waals surface area contributed by atoms with Gasteiger partial charge in [0.05, 0.1) is 0 Å². The van der Waals surface area contributed by atoms with Crippen molar-refractivity contribution in [3.05, 3.63) is 54.1 Å². The zero-order valence-electron chi connectivity index (χ0n) is 9.95. The highest BCUT2D eigenvalue weighted by molar-refractivity contribution is 6.66. The van der Waals surface area contributed by atoms with E-state index in [1.165, 1.54) is 0 Å². The zero-order valence-corrected chi connectivity index (χ0v) is 13.0. The lowest BCUT2D eigenvalue weighted by molar-refractivity contribution is 0.225. The van der Waals surface area contributed by atoms with Gasteiger partial charge in [-0.15, -0.1) is 0 Å². The largest absolute Gasteiger partial charge is 0.415 e. The quantitative estimate of drug-likeness (QED) is 0.497. The van der Waals surface area contributed by atoms with Crippen LogP contribution < -0.4 is 4.74 Å². The lowest BCUT2D eigenvalue weighted by atomic mass is 10.0. The molecule has 0 unspecified atom stereocenters. The van der Waals surface area contributed by atoms with Crippen molar-refractivity contribution < 1.29 is 9.53 Å². The topological polar surface area (TPSA) is 26.3 Å². The molecule has 0 atom stereocenters. The van der Waals surface area contributed by atoms with E-state index in [2.05, 4.69) is 0 Å². The molecule has 2 rings (SSSR count). The second kappa shape index (κ2) is 6.23. The maximum Gasteiger partial charge on any atom is 0.409 e. The SMILES string of the molecule is O=C(Cl)Oc1ccc(-c2cccc(C(Cl)(Cl)Cl)c2)cc1. The smallest absolute Gasteiger partial charge is 0.409 e. The molecule has 6 heteroatoms. The number of halogens is 4. The summed E-state index contributed by atoms with van der Waals surface area (Å²) in [4.78, 5) is 10.6. The lowest BCUT2D eigenvalue weighted by Crippen LogP contribution is -1.99. The molecule has 20 heavy (non-hydrogen) atoms. The van der Waals surface area contributed by atoms with Gasteiger partial charge in [-0.3, -0.25) is 0 Å². The molecular weight excluding hydrogens is 342 g/mol. The van der Waals surface area contributed by atoms with Gasteiger partial charge >= 0.3 is 5.43 Å². The first-order valence-electron chi connectivity index (χ1n) is 5.51. The van der Waals surface area contributed by atoms with Crippen LogP contribution >= 0.6 is 46.4 Å². The van der Waals surface area contributed by atoms with Crippen molar-refractivity contribution in [3.63, 3.8) is 0 Å². The van der Waals surface area contributed by atoms with Crippen LogP contribution in [0.2, 0.25) is 0 Å². The zero-order chi connectivity index (χ0) is 14.8. The molecule has 0 saturated carbocycles. The summed E-state index contributed by atoms with van der Waals surface area (Å²) in [5.41, 5.74) is 1.49. The summed E-state index contributed by atoms with van der Waals surface area (Å²) in [5.74, 6) is 0.367. The van der Waals surface area contributed by atoms with E-state index in [1.807, 2.05) is 6.07 Å². The normalized spacial score (nSPS) is 11.2. The molecule has 0 aromatic heterocycles. The average Bonchev–Trinajstić information content (AvgIpc) is 2.38. The fraction of sp³-hybridized carbons (Fsp3) is 0.0714. The van der Waals surface area contributed by atoms with Crippen LogP contribution in [0.5, 0.6) is 5.75 Å². The van der Waals surface area contributed by atoms with Crippen molar-refractivity contribution in [2.75, 3.05) is 0 Å². The van der Waals surface area contributed by atoms with Crippen LogP contribution in [0, 0.1) is 0 Å². The van der Waals surface area contributed by atoms with Crippen molar-refractivity contribution in [3.8, 4) is 16.9 Å². The van der Waals surface area contributed by atoms with E-state index in [0.29, 0.717) is 11.3 Å². The first-order valence-corrected chi connectivity index (χ1v) is 7.02. The van der Waals surface area contributed by atoms with Crippen LogP contribution in [-0.4, -0.2) is 5.43 Å². The number of alkyl halides is 3. The number of rotatable bonds is 2. The summed E-state index contributed by atoms with van der Waals surface area (Å²) in [6, 6.07) is 14.1. The van der Waals surface area contributed by atoms with Gasteiger partial charge in [0.1, 0.15) is 5.75 Å². The molecule has 0 amide bonds. The summed E-state index contributed by atoms with van der Waals surface area (Å²) in [5, 5.41) is 0. The number of carbonyl (C=O) groups excluding carboxylic acids is 1. The van der Waals surface area contributed by atoms with Gasteiger partial charge in [0.15, 0.2) is 0 Å². The van der Waals surface area contributed by atoms with E-state index >= 15 is 0 Å². The van der Waals surface area contributed by atoms with E-state index in [0.717, 1.165) is 11.1 Å². The predicted octanol–water partition coefficient (Wildman–Crippen LogP) is 5.92. The van der Waals surface area contributed by atoms with Crippen molar-refractivity contribution in [1.29, 1.82) is 0 Å². The maximum absolute atomic E-state index is 10.6. The first-order chi connectivity index (χ1) is 9.36. The van der Waals surface area contributed by atoms with Gasteiger partial charge in [0.25, 0.3) is 0 Å². The van der Waals surface area contributed by atoms with Crippen molar-refractivity contribution >= 4 is 51.8 Å². The van der Waals surface area contributed by atoms with Gasteiger partial charge in [0, 0.05) is 17.2 Å². The van der Waals surface area contributed by atoms with E-state index < -0.39 is 9.22 Å². The van der Waals surface area contributed by atoms with Crippen LogP contribution in [0.15, 0.2) is 48.5 Å². The Balaban J connectivity index is 2.30. The Morgan fingerprint density at radius 2 is 1.60 bits per heavy atom. The summed E-state index contributed by atoms with van der Waals surface area (Å²) in [7, 11) is 0. The van der Waals surface area contributed by atoms with Crippen molar-refractivity contribution in [1.82, 2.24) is 0 Å². The number of carbonyl (C=O) groups is 1. The minimum Gasteiger partial charge on any atom is -0.415 e. The van der Waals surface area contributed by atoms with Crippen LogP contribution in [0.1, 0.15) is 5.56 Å². The molecule has 2 aromatic carbocycles. The van der Waals surface area contributed by atoms with Crippen LogP contribution in [0.3, 0.4) is 0 Å². The highest BCUT2D eigenvalue weighted by Crippen LogP contribution is 2.39. The Kier molecular flexibility index (Phi) is 4.82. The third-order valence-corrected chi connectivity index (χ3v) is 3.31. The lowest BCUT2D eigenvalue weighted by Gasteiger charge is -2.12. The Bertz CT molecular complexity index is 618. The highest BCUT2D eigenvalue weighted by atomic mass is 35.6. The molecule has 0 aliphatic heterocycles. The van der Waals surface area contributed by atoms with Crippen molar-refractivity contribution in [2.45, 2.75) is 3.79 Å². The second-order valence-electron chi connectivity index (χ2n) is 3.94. The average molecular weight is 350 g/mol. The fourth-order valence-electron chi connectivity index (χ4n) is 1.68. The molecule has 0 heterocycles. The molecule has 0 aliphatic rings. The van der Waals surface area contributed by atoms with Gasteiger partial charge in [-0.1, -0.05) is 65.1 Å². The third kappa shape index (κ3) is 4.03. The predicted molar refractivity (Wildman–Crippen MR) is 83.0 cm³/mol. The first kappa shape index (κ1) is 15.5. The van der Waals surface area contributed by atoms with E-state index in [4.69, 9.17) is 51.1 Å². The molecule has 0 aliphatic carbocycles. The Morgan fingerprint density at radius 1 is 0.950 bits per heavy atom. The van der Waals surface area contributed by atoms with Gasteiger partial charge in [-0.2, -0.15) is 0 Å². The molecule has 0 bridgehead atoms. The van der Waals surface area contributed by atoms with Gasteiger partial charge < -0.3 is 4.74 Å². The molecule has 0 radical (unpaired) electrons. The molecule has 0 fully saturated rings. The molecule has 0 N–H and O–H groups in total. The summed E-state index contributed by atoms with van der Waals surface area (Å²) >= 11 is 22.7. The van der Waals surface area contributed by atoms with Gasteiger partial charge in [-0.25, -0.2) is 4.79 Å². The Hall–Kier alpha value is -0.930. The molecule has 0 saturated heterocycles. The van der Waals surface area contributed by atoms with Gasteiger partial charge in [0.2, 0.25) is 3.79 Å². The summed E-state index contributed by atoms with van der Waals surface area (Å²) in [6.45, 7) is 0. The maximum atomic E-state index is 10.6. The molecule has 2 nitrogen and oxygen atoms in total. The van der Waals surface area contributed by atoms with Crippen LogP contribution in [-0.2, 0) is 3.79 Å². The third-order valence-electron chi connectivity index (χ3n) is 2.58. The fourth-order valence-corrected chi connectivity index (χ4v) is 2.12. The van der Waals surface area contributed by atoms with Gasteiger partial charge in [-0.05, 0) is 29.3 Å². The molecule has 2 aromatic rings. The van der Waals surface area contributed by atoms with E-state index in [-0.39, 0.29) is 0 Å². The van der Waals surface area contributed by atoms with E-state index in [9.17, 15) is 4.79 Å². The monoisotopic (exact) mass is 348 g/mol. The minimum absolute atomic E-state index is 0.367. The van der Waals surface area contributed by atoms with Crippen LogP contribution in [0.4, 0.5) is 4.79 Å². The Labute approximate surface area is 136 Å². The number of hydrogen-bond donors (Lipinski definition) is 0. The molecular formula is C14H8Cl4O2. The standard InChI is InChI=1S/C14H8Cl4O2/c15-13(19)20-12-6-4-9(5-7-12)10-2-1-3-11(8-10)14(16,17)18/h1-8H. The molecule has 104 valence electrons. The number of hydrogen-bond acceptors (Lipinski definition) is 2. The van der Waals surface area contributed by atoms with Crippen LogP contribution in [0.25, 0.3) is 11.1 Å². The number of ether oxygens (including phenoxy) is 1. The Morgan fingerprint density at radius 3 is 2.15 bits per heavy atom. The van der Waals surface area contributed by atoms with E-state index in [1.54, 1.807) is 42.5 Å². The minimum atomic E-state index is -1.47. The highest BCUT2D eigenvalue weighted by Gasteiger charge is 2.22. The number of benzene rings is 2. The second-order valence-corrected chi connectivity index (χ2v) is 6.53. The summed E-state index contributed by atoms with van der Waals surface area (Å²) < 4.78 is 3.28.